The van der Waals surface area contributed by atoms with Gasteiger partial charge in [-0.25, -0.2) is 0 Å². The molecule has 0 saturated heterocycles. The quantitative estimate of drug-likeness (QED) is 0.630. The SMILES string of the molecule is CC(O)CC(C)NCC(O)COC1CCC(C)CC1. The Labute approximate surface area is 117 Å². The Morgan fingerprint density at radius 3 is 2.37 bits per heavy atom. The van der Waals surface area contributed by atoms with E-state index in [1.54, 1.807) is 6.92 Å². The van der Waals surface area contributed by atoms with Crippen LogP contribution in [0.2, 0.25) is 0 Å². The van der Waals surface area contributed by atoms with Crippen LogP contribution in [0.25, 0.3) is 0 Å². The molecule has 0 aromatic heterocycles. The van der Waals surface area contributed by atoms with Crippen LogP contribution in [-0.4, -0.2) is 47.7 Å². The molecule has 3 N–H and O–H groups in total. The maximum atomic E-state index is 9.86. The molecule has 0 aromatic rings. The Morgan fingerprint density at radius 2 is 1.79 bits per heavy atom. The summed E-state index contributed by atoms with van der Waals surface area (Å²) in [4.78, 5) is 0. The molecule has 0 spiro atoms. The summed E-state index contributed by atoms with van der Waals surface area (Å²) in [5, 5.41) is 22.3. The van der Waals surface area contributed by atoms with E-state index >= 15 is 0 Å². The monoisotopic (exact) mass is 273 g/mol. The van der Waals surface area contributed by atoms with Gasteiger partial charge in [-0.1, -0.05) is 6.92 Å². The van der Waals surface area contributed by atoms with Crippen LogP contribution in [0.4, 0.5) is 0 Å². The minimum Gasteiger partial charge on any atom is -0.393 e. The molecule has 1 aliphatic carbocycles. The fraction of sp³-hybridized carbons (Fsp3) is 1.00. The molecule has 19 heavy (non-hydrogen) atoms. The summed E-state index contributed by atoms with van der Waals surface area (Å²) in [6.45, 7) is 7.02. The van der Waals surface area contributed by atoms with E-state index < -0.39 is 6.10 Å². The van der Waals surface area contributed by atoms with Crippen LogP contribution in [0.3, 0.4) is 0 Å². The maximum absolute atomic E-state index is 9.86. The van der Waals surface area contributed by atoms with Crippen molar-refractivity contribution in [2.75, 3.05) is 13.2 Å². The number of aliphatic hydroxyl groups is 2. The predicted octanol–water partition coefficient (Wildman–Crippen LogP) is 1.69. The van der Waals surface area contributed by atoms with E-state index in [0.29, 0.717) is 25.7 Å². The molecule has 0 amide bonds. The van der Waals surface area contributed by atoms with Gasteiger partial charge in [-0.3, -0.25) is 0 Å². The van der Waals surface area contributed by atoms with Crippen molar-refractivity contribution in [3.63, 3.8) is 0 Å². The third-order valence-corrected chi connectivity index (χ3v) is 3.88. The minimum absolute atomic E-state index is 0.213. The van der Waals surface area contributed by atoms with Crippen molar-refractivity contribution < 1.29 is 14.9 Å². The molecule has 0 radical (unpaired) electrons. The highest BCUT2D eigenvalue weighted by molar-refractivity contribution is 4.72. The van der Waals surface area contributed by atoms with Crippen LogP contribution < -0.4 is 5.32 Å². The van der Waals surface area contributed by atoms with Crippen molar-refractivity contribution in [3.8, 4) is 0 Å². The third-order valence-electron chi connectivity index (χ3n) is 3.88. The van der Waals surface area contributed by atoms with Crippen LogP contribution in [-0.2, 0) is 4.74 Å². The van der Waals surface area contributed by atoms with Crippen LogP contribution in [0.1, 0.15) is 52.9 Å². The van der Waals surface area contributed by atoms with E-state index in [-0.39, 0.29) is 12.1 Å². The van der Waals surface area contributed by atoms with E-state index in [1.807, 2.05) is 6.92 Å². The zero-order chi connectivity index (χ0) is 14.3. The van der Waals surface area contributed by atoms with Gasteiger partial charge in [-0.05, 0) is 51.9 Å². The van der Waals surface area contributed by atoms with Crippen molar-refractivity contribution in [2.45, 2.75) is 77.2 Å². The molecule has 114 valence electrons. The van der Waals surface area contributed by atoms with Crippen LogP contribution in [0, 0.1) is 5.92 Å². The van der Waals surface area contributed by atoms with Crippen LogP contribution >= 0.6 is 0 Å². The molecule has 1 aliphatic rings. The topological polar surface area (TPSA) is 61.7 Å². The molecule has 3 unspecified atom stereocenters. The van der Waals surface area contributed by atoms with Gasteiger partial charge in [0.05, 0.1) is 24.9 Å². The molecule has 0 bridgehead atoms. The number of nitrogens with one attached hydrogen (secondary N) is 1. The Hall–Kier alpha value is -0.160. The van der Waals surface area contributed by atoms with Gasteiger partial charge < -0.3 is 20.3 Å². The van der Waals surface area contributed by atoms with E-state index in [0.717, 1.165) is 18.8 Å². The van der Waals surface area contributed by atoms with Gasteiger partial charge in [0.1, 0.15) is 0 Å². The lowest BCUT2D eigenvalue weighted by molar-refractivity contribution is -0.0285. The molecule has 0 aliphatic heterocycles. The lowest BCUT2D eigenvalue weighted by atomic mass is 9.89. The van der Waals surface area contributed by atoms with Gasteiger partial charge in [-0.2, -0.15) is 0 Å². The summed E-state index contributed by atoms with van der Waals surface area (Å²) in [7, 11) is 0. The third kappa shape index (κ3) is 7.88. The number of aliphatic hydroxyl groups excluding tert-OH is 2. The fourth-order valence-corrected chi connectivity index (χ4v) is 2.63. The number of rotatable bonds is 8. The van der Waals surface area contributed by atoms with Crippen molar-refractivity contribution >= 4 is 0 Å². The molecule has 1 rings (SSSR count). The zero-order valence-electron chi connectivity index (χ0n) is 12.6. The molecular weight excluding hydrogens is 242 g/mol. The van der Waals surface area contributed by atoms with Crippen molar-refractivity contribution in [3.05, 3.63) is 0 Å². The van der Waals surface area contributed by atoms with Gasteiger partial charge in [0, 0.05) is 12.6 Å². The molecule has 0 aromatic carbocycles. The number of ether oxygens (including phenoxy) is 1. The minimum atomic E-state index is -0.462. The lowest BCUT2D eigenvalue weighted by Gasteiger charge is -2.27. The largest absolute Gasteiger partial charge is 0.393 e. The first-order valence-corrected chi connectivity index (χ1v) is 7.68. The van der Waals surface area contributed by atoms with Crippen LogP contribution in [0.15, 0.2) is 0 Å². The molecule has 1 saturated carbocycles. The Balaban J connectivity index is 2.06. The average molecular weight is 273 g/mol. The first-order valence-electron chi connectivity index (χ1n) is 7.68. The van der Waals surface area contributed by atoms with Gasteiger partial charge in [0.2, 0.25) is 0 Å². The van der Waals surface area contributed by atoms with Gasteiger partial charge >= 0.3 is 0 Å². The highest BCUT2D eigenvalue weighted by Gasteiger charge is 2.19. The van der Waals surface area contributed by atoms with E-state index in [9.17, 15) is 10.2 Å². The lowest BCUT2D eigenvalue weighted by Crippen LogP contribution is -2.38. The second-order valence-corrected chi connectivity index (χ2v) is 6.26. The summed E-state index contributed by atoms with van der Waals surface area (Å²) < 4.78 is 5.77. The highest BCUT2D eigenvalue weighted by atomic mass is 16.5. The summed E-state index contributed by atoms with van der Waals surface area (Å²) in [6, 6.07) is 0.213. The molecular formula is C15H31NO3. The standard InChI is InChI=1S/C15H31NO3/c1-11-4-6-15(7-5-11)19-10-14(18)9-16-12(2)8-13(3)17/h11-18H,4-10H2,1-3H3. The van der Waals surface area contributed by atoms with Crippen molar-refractivity contribution in [1.29, 1.82) is 0 Å². The molecule has 0 heterocycles. The van der Waals surface area contributed by atoms with E-state index in [2.05, 4.69) is 12.2 Å². The summed E-state index contributed by atoms with van der Waals surface area (Å²) in [5.74, 6) is 0.827. The second-order valence-electron chi connectivity index (χ2n) is 6.26. The summed E-state index contributed by atoms with van der Waals surface area (Å²) >= 11 is 0. The molecule has 1 fully saturated rings. The first-order chi connectivity index (χ1) is 8.97. The maximum Gasteiger partial charge on any atom is 0.0897 e. The smallest absolute Gasteiger partial charge is 0.0897 e. The van der Waals surface area contributed by atoms with E-state index in [4.69, 9.17) is 4.74 Å². The van der Waals surface area contributed by atoms with Crippen LogP contribution in [0.5, 0.6) is 0 Å². The molecule has 4 heteroatoms. The predicted molar refractivity (Wildman–Crippen MR) is 77.1 cm³/mol. The van der Waals surface area contributed by atoms with Gasteiger partial charge in [0.25, 0.3) is 0 Å². The Bertz CT molecular complexity index is 227. The number of hydrogen-bond donors (Lipinski definition) is 3. The van der Waals surface area contributed by atoms with Gasteiger partial charge in [-0.15, -0.1) is 0 Å². The summed E-state index contributed by atoms with van der Waals surface area (Å²) in [5.41, 5.74) is 0. The highest BCUT2D eigenvalue weighted by Crippen LogP contribution is 2.25. The first kappa shape index (κ1) is 16.9. The summed E-state index contributed by atoms with van der Waals surface area (Å²) in [6.07, 6.45) is 5.00. The van der Waals surface area contributed by atoms with Crippen molar-refractivity contribution in [1.82, 2.24) is 5.32 Å². The molecule has 4 nitrogen and oxygen atoms in total. The Kier molecular flexibility index (Phi) is 7.91. The Morgan fingerprint density at radius 1 is 1.16 bits per heavy atom. The zero-order valence-corrected chi connectivity index (χ0v) is 12.6. The van der Waals surface area contributed by atoms with Crippen molar-refractivity contribution in [2.24, 2.45) is 5.92 Å². The fourth-order valence-electron chi connectivity index (χ4n) is 2.63. The second kappa shape index (κ2) is 8.90. The number of hydrogen-bond acceptors (Lipinski definition) is 4. The normalized spacial score (nSPS) is 28.9. The van der Waals surface area contributed by atoms with E-state index in [1.165, 1.54) is 12.8 Å². The molecule has 3 atom stereocenters. The average Bonchev–Trinajstić information content (AvgIpc) is 2.35. The van der Waals surface area contributed by atoms with Gasteiger partial charge in [0.15, 0.2) is 0 Å².